The van der Waals surface area contributed by atoms with Gasteiger partial charge in [0.2, 0.25) is 5.91 Å². The van der Waals surface area contributed by atoms with Crippen LogP contribution in [0.3, 0.4) is 0 Å². The molecule has 0 rings (SSSR count). The Bertz CT molecular complexity index is 1060. The van der Waals surface area contributed by atoms with E-state index < -0.39 is 12.1 Å². The summed E-state index contributed by atoms with van der Waals surface area (Å²) < 4.78 is 5.47. The van der Waals surface area contributed by atoms with Crippen molar-refractivity contribution in [3.63, 3.8) is 0 Å². The Morgan fingerprint density at radius 2 is 0.648 bits per heavy atom. The van der Waals surface area contributed by atoms with Crippen LogP contribution in [0, 0.1) is 0 Å². The molecule has 0 aromatic rings. The molecule has 2 atom stereocenters. The van der Waals surface area contributed by atoms with Gasteiger partial charge in [0, 0.05) is 12.8 Å². The molecular formula is C65H127NO5. The van der Waals surface area contributed by atoms with Crippen molar-refractivity contribution >= 4 is 11.9 Å². The topological polar surface area (TPSA) is 95.9 Å². The van der Waals surface area contributed by atoms with Crippen molar-refractivity contribution in [1.29, 1.82) is 0 Å². The monoisotopic (exact) mass is 1000 g/mol. The van der Waals surface area contributed by atoms with E-state index in [0.717, 1.165) is 38.5 Å². The summed E-state index contributed by atoms with van der Waals surface area (Å²) >= 11 is 0. The Morgan fingerprint density at radius 1 is 0.380 bits per heavy atom. The summed E-state index contributed by atoms with van der Waals surface area (Å²) in [4.78, 5) is 24.5. The fourth-order valence-corrected chi connectivity index (χ4v) is 10.3. The van der Waals surface area contributed by atoms with Crippen LogP contribution in [0.25, 0.3) is 0 Å². The van der Waals surface area contributed by atoms with Gasteiger partial charge in [-0.15, -0.1) is 0 Å². The lowest BCUT2D eigenvalue weighted by molar-refractivity contribution is -0.143. The minimum Gasteiger partial charge on any atom is -0.466 e. The summed E-state index contributed by atoms with van der Waals surface area (Å²) in [6, 6.07) is -0.623. The molecule has 3 N–H and O–H groups in total. The molecule has 71 heavy (non-hydrogen) atoms. The molecule has 6 nitrogen and oxygen atoms in total. The quantitative estimate of drug-likeness (QED) is 0.0320. The Balaban J connectivity index is 3.34. The second kappa shape index (κ2) is 61.1. The van der Waals surface area contributed by atoms with Crippen molar-refractivity contribution < 1.29 is 24.5 Å². The van der Waals surface area contributed by atoms with Crippen LogP contribution in [0.2, 0.25) is 0 Å². The molecule has 0 aromatic carbocycles. The number of amides is 1. The fraction of sp³-hybridized carbons (Fsp3) is 0.938. The Morgan fingerprint density at radius 3 is 0.958 bits per heavy atom. The molecule has 0 aliphatic carbocycles. The molecule has 0 radical (unpaired) electrons. The molecule has 0 aromatic heterocycles. The zero-order valence-electron chi connectivity index (χ0n) is 48.2. The zero-order valence-corrected chi connectivity index (χ0v) is 48.2. The summed E-state index contributed by atoms with van der Waals surface area (Å²) in [6.07, 6.45) is 74.2. The molecule has 0 aliphatic rings. The molecule has 0 spiro atoms. The SMILES string of the molecule is CCCCCCCCCCCCCC/C=C/C(O)C(CO)NC(=O)CCCCCCCCCCCCCCCCCCCCCCCCCCCCCCCOC(=O)CCCCCCCCCCCCC. The highest BCUT2D eigenvalue weighted by atomic mass is 16.5. The summed E-state index contributed by atoms with van der Waals surface area (Å²) in [7, 11) is 0. The van der Waals surface area contributed by atoms with Crippen LogP contribution in [-0.2, 0) is 14.3 Å². The number of rotatable bonds is 61. The molecule has 0 fully saturated rings. The molecule has 0 saturated heterocycles. The molecule has 2 unspecified atom stereocenters. The van der Waals surface area contributed by atoms with E-state index in [-0.39, 0.29) is 18.5 Å². The second-order valence-electron chi connectivity index (χ2n) is 22.5. The number of nitrogens with one attached hydrogen (secondary N) is 1. The fourth-order valence-electron chi connectivity index (χ4n) is 10.3. The molecule has 422 valence electrons. The number of hydrogen-bond acceptors (Lipinski definition) is 5. The minimum absolute atomic E-state index is 0.0194. The lowest BCUT2D eigenvalue weighted by Gasteiger charge is -2.20. The van der Waals surface area contributed by atoms with Gasteiger partial charge in [-0.25, -0.2) is 0 Å². The maximum atomic E-state index is 12.5. The third-order valence-corrected chi connectivity index (χ3v) is 15.3. The summed E-state index contributed by atoms with van der Waals surface area (Å²) in [6.45, 7) is 4.93. The standard InChI is InChI=1S/C65H127NO5/c1-3-5-7-9-11-13-15-16-34-38-41-45-49-53-57-63(68)62(61-67)66-64(69)58-54-50-46-42-39-35-32-30-28-26-24-22-20-18-17-19-21-23-25-27-29-31-33-36-40-44-48-52-56-60-71-65(70)59-55-51-47-43-37-14-12-10-8-6-4-2/h53,57,62-63,67-68H,3-52,54-56,58-61H2,1-2H3,(H,66,69)/b57-53+. The van der Waals surface area contributed by atoms with E-state index >= 15 is 0 Å². The molecule has 6 heteroatoms. The summed E-state index contributed by atoms with van der Waals surface area (Å²) in [5.41, 5.74) is 0. The van der Waals surface area contributed by atoms with Crippen molar-refractivity contribution in [1.82, 2.24) is 5.32 Å². The normalized spacial score (nSPS) is 12.6. The lowest BCUT2D eigenvalue weighted by atomic mass is 10.0. The number of aliphatic hydroxyl groups excluding tert-OH is 2. The number of carbonyl (C=O) groups is 2. The summed E-state index contributed by atoms with van der Waals surface area (Å²) in [5, 5.41) is 23.1. The van der Waals surface area contributed by atoms with Crippen LogP contribution in [0.5, 0.6) is 0 Å². The van der Waals surface area contributed by atoms with Gasteiger partial charge in [-0.05, 0) is 32.1 Å². The van der Waals surface area contributed by atoms with Gasteiger partial charge in [0.1, 0.15) is 0 Å². The highest BCUT2D eigenvalue weighted by molar-refractivity contribution is 5.76. The van der Waals surface area contributed by atoms with Crippen molar-refractivity contribution in [3.8, 4) is 0 Å². The summed E-state index contributed by atoms with van der Waals surface area (Å²) in [5.74, 6) is -0.0430. The van der Waals surface area contributed by atoms with Crippen LogP contribution in [-0.4, -0.2) is 47.4 Å². The van der Waals surface area contributed by atoms with E-state index in [9.17, 15) is 19.8 Å². The van der Waals surface area contributed by atoms with E-state index in [1.807, 2.05) is 6.08 Å². The van der Waals surface area contributed by atoms with Gasteiger partial charge in [-0.3, -0.25) is 9.59 Å². The van der Waals surface area contributed by atoms with Gasteiger partial charge in [0.25, 0.3) is 0 Å². The predicted octanol–water partition coefficient (Wildman–Crippen LogP) is 20.4. The smallest absolute Gasteiger partial charge is 0.305 e. The van der Waals surface area contributed by atoms with E-state index in [1.54, 1.807) is 6.08 Å². The Hall–Kier alpha value is -1.40. The van der Waals surface area contributed by atoms with Gasteiger partial charge in [0.05, 0.1) is 25.4 Å². The third kappa shape index (κ3) is 57.7. The number of carbonyl (C=O) groups excluding carboxylic acids is 2. The highest BCUT2D eigenvalue weighted by Crippen LogP contribution is 2.18. The molecule has 0 heterocycles. The second-order valence-corrected chi connectivity index (χ2v) is 22.5. The zero-order chi connectivity index (χ0) is 51.4. The highest BCUT2D eigenvalue weighted by Gasteiger charge is 2.18. The van der Waals surface area contributed by atoms with Gasteiger partial charge in [-0.1, -0.05) is 334 Å². The number of ether oxygens (including phenoxy) is 1. The molecule has 0 aliphatic heterocycles. The third-order valence-electron chi connectivity index (χ3n) is 15.3. The number of allylic oxidation sites excluding steroid dienone is 1. The maximum absolute atomic E-state index is 12.5. The van der Waals surface area contributed by atoms with Crippen LogP contribution < -0.4 is 5.32 Å². The molecule has 0 saturated carbocycles. The van der Waals surface area contributed by atoms with Crippen molar-refractivity contribution in [2.75, 3.05) is 13.2 Å². The van der Waals surface area contributed by atoms with Gasteiger partial charge in [0.15, 0.2) is 0 Å². The average Bonchev–Trinajstić information content (AvgIpc) is 3.37. The first-order valence-electron chi connectivity index (χ1n) is 32.5. The Kier molecular flexibility index (Phi) is 59.9. The average molecular weight is 1000 g/mol. The maximum Gasteiger partial charge on any atom is 0.305 e. The van der Waals surface area contributed by atoms with Crippen LogP contribution >= 0.6 is 0 Å². The van der Waals surface area contributed by atoms with Crippen LogP contribution in [0.4, 0.5) is 0 Å². The van der Waals surface area contributed by atoms with E-state index in [1.165, 1.54) is 302 Å². The predicted molar refractivity (Wildman–Crippen MR) is 310 cm³/mol. The van der Waals surface area contributed by atoms with Gasteiger partial charge in [-0.2, -0.15) is 0 Å². The first-order chi connectivity index (χ1) is 35.0. The number of hydrogen-bond donors (Lipinski definition) is 3. The minimum atomic E-state index is -0.840. The van der Waals surface area contributed by atoms with Gasteiger partial charge >= 0.3 is 5.97 Å². The largest absolute Gasteiger partial charge is 0.466 e. The van der Waals surface area contributed by atoms with Crippen LogP contribution in [0.15, 0.2) is 12.2 Å². The first-order valence-corrected chi connectivity index (χ1v) is 32.5. The number of aliphatic hydroxyl groups is 2. The van der Waals surface area contributed by atoms with Crippen molar-refractivity contribution in [3.05, 3.63) is 12.2 Å². The van der Waals surface area contributed by atoms with Crippen LogP contribution in [0.1, 0.15) is 367 Å². The van der Waals surface area contributed by atoms with Crippen molar-refractivity contribution in [2.45, 2.75) is 379 Å². The van der Waals surface area contributed by atoms with Crippen molar-refractivity contribution in [2.24, 2.45) is 0 Å². The van der Waals surface area contributed by atoms with E-state index in [0.29, 0.717) is 19.4 Å². The first kappa shape index (κ1) is 69.6. The number of unbranched alkanes of at least 4 members (excludes halogenated alkanes) is 50. The Labute approximate surface area is 444 Å². The molecule has 0 bridgehead atoms. The van der Waals surface area contributed by atoms with E-state index in [2.05, 4.69) is 19.2 Å². The molecule has 1 amide bonds. The molecular weight excluding hydrogens is 875 g/mol. The van der Waals surface area contributed by atoms with E-state index in [4.69, 9.17) is 4.74 Å². The van der Waals surface area contributed by atoms with Gasteiger partial charge < -0.3 is 20.3 Å². The number of esters is 1. The lowest BCUT2D eigenvalue weighted by Crippen LogP contribution is -2.45.